The zero-order valence-corrected chi connectivity index (χ0v) is 21.2. The first-order valence-electron chi connectivity index (χ1n) is 12.2. The van der Waals surface area contributed by atoms with E-state index in [-0.39, 0.29) is 17.2 Å². The van der Waals surface area contributed by atoms with Crippen molar-refractivity contribution in [1.29, 1.82) is 0 Å². The number of nitro groups is 1. The highest BCUT2D eigenvalue weighted by Crippen LogP contribution is 2.32. The van der Waals surface area contributed by atoms with Gasteiger partial charge in [-0.25, -0.2) is 0 Å². The fourth-order valence-corrected chi connectivity index (χ4v) is 4.93. The molecule has 2 aliphatic heterocycles. The van der Waals surface area contributed by atoms with Gasteiger partial charge in [-0.2, -0.15) is 0 Å². The van der Waals surface area contributed by atoms with E-state index in [0.29, 0.717) is 74.6 Å². The Bertz CT molecular complexity index is 1330. The number of piperazine rings is 1. The van der Waals surface area contributed by atoms with Crippen molar-refractivity contribution in [3.8, 4) is 0 Å². The maximum Gasteiger partial charge on any atom is 0.293 e. The topological polar surface area (TPSA) is 121 Å². The molecule has 0 spiro atoms. The second-order valence-electron chi connectivity index (χ2n) is 8.94. The van der Waals surface area contributed by atoms with Gasteiger partial charge in [-0.05, 0) is 42.5 Å². The minimum atomic E-state index is -0.477. The van der Waals surface area contributed by atoms with E-state index in [1.807, 2.05) is 11.0 Å². The highest BCUT2D eigenvalue weighted by atomic mass is 35.5. The lowest BCUT2D eigenvalue weighted by molar-refractivity contribution is -0.384. The molecule has 0 bridgehead atoms. The molecule has 0 atom stereocenters. The van der Waals surface area contributed by atoms with E-state index in [1.54, 1.807) is 41.3 Å². The number of anilines is 3. The van der Waals surface area contributed by atoms with Crippen LogP contribution in [0.1, 0.15) is 20.9 Å². The highest BCUT2D eigenvalue weighted by Gasteiger charge is 2.26. The van der Waals surface area contributed by atoms with Crippen LogP contribution in [0.2, 0.25) is 5.02 Å². The molecule has 0 saturated carbocycles. The van der Waals surface area contributed by atoms with E-state index < -0.39 is 10.8 Å². The SMILES string of the molecule is O=C(Nc1ccc(N2CCN(C(=O)c3ccco3)CC2)c(Cl)c1)c1ccc(N2CCOCC2)c([N+](=O)[O-])c1. The molecular weight excluding hydrogens is 514 g/mol. The number of amides is 2. The molecule has 0 aliphatic carbocycles. The van der Waals surface area contributed by atoms with Crippen molar-refractivity contribution in [1.82, 2.24) is 4.90 Å². The van der Waals surface area contributed by atoms with E-state index in [4.69, 9.17) is 20.8 Å². The first-order valence-corrected chi connectivity index (χ1v) is 12.6. The van der Waals surface area contributed by atoms with Gasteiger partial charge in [-0.1, -0.05) is 11.6 Å². The summed E-state index contributed by atoms with van der Waals surface area (Å²) in [5, 5.41) is 14.9. The number of hydrogen-bond acceptors (Lipinski definition) is 8. The van der Waals surface area contributed by atoms with Gasteiger partial charge >= 0.3 is 0 Å². The summed E-state index contributed by atoms with van der Waals surface area (Å²) < 4.78 is 10.5. The molecule has 2 aliphatic rings. The molecule has 2 fully saturated rings. The Labute approximate surface area is 223 Å². The van der Waals surface area contributed by atoms with Crippen LogP contribution in [0.4, 0.5) is 22.7 Å². The molecule has 2 amide bonds. The van der Waals surface area contributed by atoms with Gasteiger partial charge < -0.3 is 29.2 Å². The molecule has 198 valence electrons. The van der Waals surface area contributed by atoms with Crippen molar-refractivity contribution < 1.29 is 23.7 Å². The number of nitrogens with one attached hydrogen (secondary N) is 1. The maximum atomic E-state index is 12.9. The minimum Gasteiger partial charge on any atom is -0.459 e. The Balaban J connectivity index is 1.24. The normalized spacial score (nSPS) is 15.9. The highest BCUT2D eigenvalue weighted by molar-refractivity contribution is 6.33. The number of rotatable bonds is 6. The van der Waals surface area contributed by atoms with Crippen LogP contribution in [-0.2, 0) is 4.74 Å². The predicted molar refractivity (Wildman–Crippen MR) is 142 cm³/mol. The number of nitrogens with zero attached hydrogens (tertiary/aromatic N) is 4. The van der Waals surface area contributed by atoms with Crippen LogP contribution >= 0.6 is 11.6 Å². The summed E-state index contributed by atoms with van der Waals surface area (Å²) >= 11 is 6.55. The summed E-state index contributed by atoms with van der Waals surface area (Å²) in [6, 6.07) is 13.0. The standard InChI is InChI=1S/C26H26ClN5O6/c27-20-17-19(4-6-21(20)29-7-9-31(10-8-29)26(34)24-2-1-13-38-24)28-25(33)18-3-5-22(23(16-18)32(35)36)30-11-14-37-15-12-30/h1-6,13,16-17H,7-12,14-15H2,(H,28,33). The molecule has 3 heterocycles. The van der Waals surface area contributed by atoms with Crippen molar-refractivity contribution in [2.24, 2.45) is 0 Å². The zero-order chi connectivity index (χ0) is 26.6. The van der Waals surface area contributed by atoms with Crippen molar-refractivity contribution in [3.05, 3.63) is 81.3 Å². The summed E-state index contributed by atoms with van der Waals surface area (Å²) in [5.41, 5.74) is 1.77. The van der Waals surface area contributed by atoms with E-state index in [1.165, 1.54) is 12.3 Å². The van der Waals surface area contributed by atoms with Crippen molar-refractivity contribution in [2.75, 3.05) is 67.6 Å². The monoisotopic (exact) mass is 539 g/mol. The van der Waals surface area contributed by atoms with Gasteiger partial charge in [0.15, 0.2) is 5.76 Å². The van der Waals surface area contributed by atoms with Gasteiger partial charge in [-0.15, -0.1) is 0 Å². The van der Waals surface area contributed by atoms with Crippen LogP contribution in [-0.4, -0.2) is 74.1 Å². The van der Waals surface area contributed by atoms with Gasteiger partial charge in [0.2, 0.25) is 0 Å². The molecule has 2 saturated heterocycles. The number of carbonyl (C=O) groups excluding carboxylic acids is 2. The summed E-state index contributed by atoms with van der Waals surface area (Å²) in [6.07, 6.45) is 1.48. The van der Waals surface area contributed by atoms with Crippen LogP contribution in [0.25, 0.3) is 0 Å². The molecule has 0 unspecified atom stereocenters. The third kappa shape index (κ3) is 5.43. The largest absolute Gasteiger partial charge is 0.459 e. The Kier molecular flexibility index (Phi) is 7.47. The molecule has 1 aromatic heterocycles. The van der Waals surface area contributed by atoms with Gasteiger partial charge in [0.25, 0.3) is 17.5 Å². The average molecular weight is 540 g/mol. The Morgan fingerprint density at radius 3 is 2.29 bits per heavy atom. The quantitative estimate of drug-likeness (QED) is 0.370. The molecule has 1 N–H and O–H groups in total. The van der Waals surface area contributed by atoms with E-state index in [0.717, 1.165) is 5.69 Å². The summed E-state index contributed by atoms with van der Waals surface area (Å²) in [5.74, 6) is -0.301. The second kappa shape index (κ2) is 11.1. The third-order valence-corrected chi connectivity index (χ3v) is 6.93. The molecule has 2 aromatic carbocycles. The lowest BCUT2D eigenvalue weighted by Gasteiger charge is -2.36. The van der Waals surface area contributed by atoms with Gasteiger partial charge in [0.1, 0.15) is 5.69 Å². The minimum absolute atomic E-state index is 0.127. The number of hydrogen-bond donors (Lipinski definition) is 1. The van der Waals surface area contributed by atoms with E-state index >= 15 is 0 Å². The lowest BCUT2D eigenvalue weighted by atomic mass is 10.1. The number of furan rings is 1. The fraction of sp³-hybridized carbons (Fsp3) is 0.308. The number of halogens is 1. The number of nitro benzene ring substituents is 1. The third-order valence-electron chi connectivity index (χ3n) is 6.63. The zero-order valence-electron chi connectivity index (χ0n) is 20.5. The predicted octanol–water partition coefficient (Wildman–Crippen LogP) is 3.89. The van der Waals surface area contributed by atoms with Crippen molar-refractivity contribution in [2.45, 2.75) is 0 Å². The van der Waals surface area contributed by atoms with E-state index in [2.05, 4.69) is 10.2 Å². The molecule has 12 heteroatoms. The van der Waals surface area contributed by atoms with Crippen molar-refractivity contribution in [3.63, 3.8) is 0 Å². The van der Waals surface area contributed by atoms with Crippen molar-refractivity contribution >= 4 is 46.2 Å². The summed E-state index contributed by atoms with van der Waals surface area (Å²) in [6.45, 7) is 4.32. The number of ether oxygens (including phenoxy) is 1. The van der Waals surface area contributed by atoms with Crippen LogP contribution in [0.3, 0.4) is 0 Å². The van der Waals surface area contributed by atoms with Crippen LogP contribution in [0, 0.1) is 10.1 Å². The van der Waals surface area contributed by atoms with Crippen LogP contribution in [0.5, 0.6) is 0 Å². The first-order chi connectivity index (χ1) is 18.4. The Hall–Kier alpha value is -4.09. The summed E-state index contributed by atoms with van der Waals surface area (Å²) in [4.78, 5) is 42.3. The number of morpholine rings is 1. The molecule has 3 aromatic rings. The second-order valence-corrected chi connectivity index (χ2v) is 9.34. The van der Waals surface area contributed by atoms with Crippen LogP contribution in [0.15, 0.2) is 59.2 Å². The molecule has 11 nitrogen and oxygen atoms in total. The fourth-order valence-electron chi connectivity index (χ4n) is 4.63. The number of carbonyl (C=O) groups is 2. The smallest absolute Gasteiger partial charge is 0.293 e. The van der Waals surface area contributed by atoms with Gasteiger partial charge in [0.05, 0.1) is 35.1 Å². The maximum absolute atomic E-state index is 12.9. The van der Waals surface area contributed by atoms with Crippen LogP contribution < -0.4 is 15.1 Å². The van der Waals surface area contributed by atoms with E-state index in [9.17, 15) is 19.7 Å². The first kappa shape index (κ1) is 25.6. The summed E-state index contributed by atoms with van der Waals surface area (Å²) in [7, 11) is 0. The molecular formula is C26H26ClN5O6. The van der Waals surface area contributed by atoms with Gasteiger partial charge in [-0.3, -0.25) is 19.7 Å². The Morgan fingerprint density at radius 2 is 1.63 bits per heavy atom. The molecule has 5 rings (SSSR count). The van der Waals surface area contributed by atoms with Gasteiger partial charge in [0, 0.05) is 56.6 Å². The Morgan fingerprint density at radius 1 is 0.921 bits per heavy atom. The number of benzene rings is 2. The molecule has 38 heavy (non-hydrogen) atoms. The average Bonchev–Trinajstić information content (AvgIpc) is 3.48. The molecule has 0 radical (unpaired) electrons. The lowest BCUT2D eigenvalue weighted by Crippen LogP contribution is -2.48.